The molecule has 9 heteroatoms. The molecule has 0 radical (unpaired) electrons. The molecular weight excluding hydrogens is 302 g/mol. The average Bonchev–Trinajstić information content (AvgIpc) is 2.47. The Kier molecular flexibility index (Phi) is 5.11. The number of rotatable bonds is 5. The molecule has 1 amide bonds. The van der Waals surface area contributed by atoms with Crippen molar-refractivity contribution in [2.75, 3.05) is 22.5 Å². The number of nitrogen functional groups attached to an aromatic ring is 2. The number of nitriles is 1. The summed E-state index contributed by atoms with van der Waals surface area (Å²) >= 11 is 1.11. The molecule has 0 fully saturated rings. The number of carbonyl (C=O) groups excluding carboxylic acids is 1. The minimum atomic E-state index is -0.212. The predicted octanol–water partition coefficient (Wildman–Crippen LogP) is 0.833. The van der Waals surface area contributed by atoms with Gasteiger partial charge in [0.25, 0.3) is 0 Å². The van der Waals surface area contributed by atoms with Crippen molar-refractivity contribution < 1.29 is 4.79 Å². The van der Waals surface area contributed by atoms with E-state index in [0.29, 0.717) is 17.3 Å². The Labute approximate surface area is 131 Å². The van der Waals surface area contributed by atoms with Gasteiger partial charge >= 0.3 is 0 Å². The second kappa shape index (κ2) is 7.24. The molecular formula is C13H13N7OS. The van der Waals surface area contributed by atoms with Gasteiger partial charge in [-0.3, -0.25) is 4.79 Å². The van der Waals surface area contributed by atoms with Crippen LogP contribution in [0.3, 0.4) is 0 Å². The second-order valence-electron chi connectivity index (χ2n) is 4.20. The number of benzene rings is 1. The molecule has 0 saturated carbocycles. The highest BCUT2D eigenvalue weighted by Crippen LogP contribution is 2.15. The van der Waals surface area contributed by atoms with Gasteiger partial charge in [0.1, 0.15) is 0 Å². The molecule has 5 N–H and O–H groups in total. The fourth-order valence-corrected chi connectivity index (χ4v) is 2.23. The minimum absolute atomic E-state index is 0.0171. The lowest BCUT2D eigenvalue weighted by Gasteiger charge is -2.05. The Bertz CT molecular complexity index is 691. The lowest BCUT2D eigenvalue weighted by atomic mass is 10.1. The molecule has 0 spiro atoms. The lowest BCUT2D eigenvalue weighted by Crippen LogP contribution is -2.14. The van der Waals surface area contributed by atoms with Crippen molar-refractivity contribution in [2.24, 2.45) is 0 Å². The molecule has 0 aliphatic carbocycles. The van der Waals surface area contributed by atoms with E-state index < -0.39 is 0 Å². The molecule has 1 aromatic heterocycles. The van der Waals surface area contributed by atoms with Crippen LogP contribution >= 0.6 is 11.8 Å². The summed E-state index contributed by atoms with van der Waals surface area (Å²) in [7, 11) is 0. The number of amides is 1. The highest BCUT2D eigenvalue weighted by atomic mass is 32.2. The van der Waals surface area contributed by atoms with Crippen molar-refractivity contribution in [3.8, 4) is 6.07 Å². The first-order valence-electron chi connectivity index (χ1n) is 6.22. The van der Waals surface area contributed by atoms with Crippen molar-refractivity contribution in [1.29, 1.82) is 5.26 Å². The van der Waals surface area contributed by atoms with E-state index in [1.807, 2.05) is 0 Å². The van der Waals surface area contributed by atoms with Crippen LogP contribution in [0.5, 0.6) is 0 Å². The van der Waals surface area contributed by atoms with Crippen LogP contribution in [0, 0.1) is 11.3 Å². The fourth-order valence-electron chi connectivity index (χ4n) is 1.58. The van der Waals surface area contributed by atoms with Gasteiger partial charge in [-0.2, -0.15) is 20.2 Å². The van der Waals surface area contributed by atoms with Crippen molar-refractivity contribution in [3.63, 3.8) is 0 Å². The molecule has 0 aliphatic heterocycles. The Balaban J connectivity index is 1.88. The number of aromatic nitrogens is 3. The third kappa shape index (κ3) is 4.60. The molecule has 112 valence electrons. The summed E-state index contributed by atoms with van der Waals surface area (Å²) < 4.78 is 0. The predicted molar refractivity (Wildman–Crippen MR) is 83.8 cm³/mol. The summed E-state index contributed by atoms with van der Waals surface area (Å²) in [5.74, 6) is -0.0642. The Morgan fingerprint density at radius 1 is 1.18 bits per heavy atom. The molecule has 2 aromatic rings. The molecule has 1 heterocycles. The standard InChI is InChI=1S/C13H13N7OS/c14-6-5-8-1-3-9(4-2-8)17-10(21)7-22-13-19-11(15)18-12(16)20-13/h1-4H,5,7H2,(H,17,21)(H4,15,16,18,19,20). The SMILES string of the molecule is N#CCc1ccc(NC(=O)CSc2nc(N)nc(N)n2)cc1. The van der Waals surface area contributed by atoms with Gasteiger partial charge in [-0.25, -0.2) is 0 Å². The number of nitrogens with zero attached hydrogens (tertiary/aromatic N) is 4. The molecule has 0 bridgehead atoms. The Morgan fingerprint density at radius 2 is 1.82 bits per heavy atom. The number of hydrogen-bond acceptors (Lipinski definition) is 8. The van der Waals surface area contributed by atoms with E-state index in [9.17, 15) is 4.79 Å². The van der Waals surface area contributed by atoms with Gasteiger partial charge in [-0.15, -0.1) is 0 Å². The van der Waals surface area contributed by atoms with Crippen molar-refractivity contribution in [3.05, 3.63) is 29.8 Å². The quantitative estimate of drug-likeness (QED) is 0.688. The molecule has 8 nitrogen and oxygen atoms in total. The summed E-state index contributed by atoms with van der Waals surface area (Å²) in [6, 6.07) is 9.13. The van der Waals surface area contributed by atoms with Gasteiger partial charge in [0.2, 0.25) is 17.8 Å². The van der Waals surface area contributed by atoms with Crippen LogP contribution in [0.25, 0.3) is 0 Å². The van der Waals surface area contributed by atoms with Crippen molar-refractivity contribution in [2.45, 2.75) is 11.6 Å². The maximum atomic E-state index is 11.8. The zero-order chi connectivity index (χ0) is 15.9. The first-order chi connectivity index (χ1) is 10.6. The van der Waals surface area contributed by atoms with Crippen LogP contribution < -0.4 is 16.8 Å². The smallest absolute Gasteiger partial charge is 0.234 e. The number of hydrogen-bond donors (Lipinski definition) is 3. The molecule has 22 heavy (non-hydrogen) atoms. The summed E-state index contributed by atoms with van der Waals surface area (Å²) in [5, 5.41) is 11.6. The van der Waals surface area contributed by atoms with Gasteiger partial charge in [0.15, 0.2) is 5.16 Å². The number of nitrogens with two attached hydrogens (primary N) is 2. The lowest BCUT2D eigenvalue weighted by molar-refractivity contribution is -0.113. The molecule has 2 rings (SSSR count). The van der Waals surface area contributed by atoms with E-state index in [0.717, 1.165) is 17.3 Å². The van der Waals surface area contributed by atoms with Crippen LogP contribution in [0.15, 0.2) is 29.4 Å². The maximum absolute atomic E-state index is 11.8. The van der Waals surface area contributed by atoms with E-state index in [2.05, 4.69) is 26.3 Å². The van der Waals surface area contributed by atoms with Gasteiger partial charge in [0.05, 0.1) is 18.2 Å². The molecule has 0 saturated heterocycles. The Hall–Kier alpha value is -2.86. The average molecular weight is 315 g/mol. The van der Waals surface area contributed by atoms with Crippen molar-refractivity contribution >= 4 is 35.3 Å². The van der Waals surface area contributed by atoms with E-state index in [4.69, 9.17) is 16.7 Å². The minimum Gasteiger partial charge on any atom is -0.368 e. The van der Waals surface area contributed by atoms with Gasteiger partial charge in [-0.1, -0.05) is 23.9 Å². The third-order valence-electron chi connectivity index (χ3n) is 2.50. The number of anilines is 3. The van der Waals surface area contributed by atoms with Crippen molar-refractivity contribution in [1.82, 2.24) is 15.0 Å². The first kappa shape index (κ1) is 15.5. The van der Waals surface area contributed by atoms with Crippen LogP contribution in [0.2, 0.25) is 0 Å². The van der Waals surface area contributed by atoms with Gasteiger partial charge < -0.3 is 16.8 Å². The number of thioether (sulfide) groups is 1. The monoisotopic (exact) mass is 315 g/mol. The highest BCUT2D eigenvalue weighted by molar-refractivity contribution is 7.99. The molecule has 0 aliphatic rings. The summed E-state index contributed by atoms with van der Waals surface area (Å²) in [6.45, 7) is 0. The summed E-state index contributed by atoms with van der Waals surface area (Å²) in [5.41, 5.74) is 12.4. The summed E-state index contributed by atoms with van der Waals surface area (Å²) in [6.07, 6.45) is 0.340. The van der Waals surface area contributed by atoms with Crippen LogP contribution in [-0.2, 0) is 11.2 Å². The molecule has 0 unspecified atom stereocenters. The topological polar surface area (TPSA) is 144 Å². The van der Waals surface area contributed by atoms with Crippen LogP contribution in [0.4, 0.5) is 17.6 Å². The molecule has 0 atom stereocenters. The second-order valence-corrected chi connectivity index (χ2v) is 5.15. The Morgan fingerprint density at radius 3 is 2.41 bits per heavy atom. The number of carbonyl (C=O) groups is 1. The maximum Gasteiger partial charge on any atom is 0.234 e. The number of nitrogens with one attached hydrogen (secondary N) is 1. The van der Waals surface area contributed by atoms with Crippen LogP contribution in [-0.4, -0.2) is 26.6 Å². The fraction of sp³-hybridized carbons (Fsp3) is 0.154. The zero-order valence-electron chi connectivity index (χ0n) is 11.5. The molecule has 1 aromatic carbocycles. The highest BCUT2D eigenvalue weighted by Gasteiger charge is 2.07. The first-order valence-corrected chi connectivity index (χ1v) is 7.21. The van der Waals surface area contributed by atoms with Gasteiger partial charge in [-0.05, 0) is 17.7 Å². The van der Waals surface area contributed by atoms with Gasteiger partial charge in [0, 0.05) is 5.69 Å². The zero-order valence-corrected chi connectivity index (χ0v) is 12.3. The van der Waals surface area contributed by atoms with Crippen LogP contribution in [0.1, 0.15) is 5.56 Å². The normalized spacial score (nSPS) is 9.95. The van der Waals surface area contributed by atoms with E-state index >= 15 is 0 Å². The van der Waals surface area contributed by atoms with E-state index in [1.165, 1.54) is 0 Å². The third-order valence-corrected chi connectivity index (χ3v) is 3.35. The largest absolute Gasteiger partial charge is 0.368 e. The van der Waals surface area contributed by atoms with E-state index in [-0.39, 0.29) is 23.6 Å². The van der Waals surface area contributed by atoms with E-state index in [1.54, 1.807) is 24.3 Å². The summed E-state index contributed by atoms with van der Waals surface area (Å²) in [4.78, 5) is 23.2.